The van der Waals surface area contributed by atoms with Crippen molar-refractivity contribution in [2.24, 2.45) is 5.92 Å². The Kier molecular flexibility index (Phi) is 6.04. The fourth-order valence-electron chi connectivity index (χ4n) is 5.06. The van der Waals surface area contributed by atoms with Crippen LogP contribution in [0.1, 0.15) is 10.4 Å². The number of nitrogens with zero attached hydrogens (tertiary/aromatic N) is 2. The first-order valence-electron chi connectivity index (χ1n) is 11.3. The zero-order valence-electron chi connectivity index (χ0n) is 18.4. The molecular weight excluding hydrogens is 418 g/mol. The van der Waals surface area contributed by atoms with Crippen molar-refractivity contribution >= 4 is 28.6 Å². The molecule has 2 aromatic carbocycles. The molecule has 2 unspecified atom stereocenters. The van der Waals surface area contributed by atoms with Crippen LogP contribution in [-0.2, 0) is 17.6 Å². The lowest BCUT2D eigenvalue weighted by molar-refractivity contribution is -0.125. The first-order valence-corrected chi connectivity index (χ1v) is 12.1. The molecule has 2 atom stereocenters. The van der Waals surface area contributed by atoms with Crippen molar-refractivity contribution < 1.29 is 9.53 Å². The Morgan fingerprint density at radius 1 is 1.06 bits per heavy atom. The van der Waals surface area contributed by atoms with Crippen LogP contribution in [0.5, 0.6) is 5.75 Å². The van der Waals surface area contributed by atoms with Crippen molar-refractivity contribution in [1.82, 2.24) is 5.32 Å². The Bertz CT molecular complexity index is 1070. The number of carbonyl (C=O) groups excluding carboxylic acids is 1. The molecule has 0 radical (unpaired) electrons. The summed E-state index contributed by atoms with van der Waals surface area (Å²) in [5.41, 5.74) is 3.65. The molecule has 1 fully saturated rings. The number of methoxy groups -OCH3 is 1. The van der Waals surface area contributed by atoms with Crippen molar-refractivity contribution in [3.63, 3.8) is 0 Å². The van der Waals surface area contributed by atoms with Gasteiger partial charge in [-0.3, -0.25) is 4.79 Å². The molecule has 0 aliphatic carbocycles. The maximum atomic E-state index is 13.4. The Morgan fingerprint density at radius 2 is 1.88 bits per heavy atom. The van der Waals surface area contributed by atoms with Crippen molar-refractivity contribution in [2.75, 3.05) is 43.1 Å². The van der Waals surface area contributed by atoms with E-state index in [0.717, 1.165) is 43.9 Å². The molecule has 5 nitrogen and oxygen atoms in total. The minimum Gasteiger partial charge on any atom is -0.495 e. The van der Waals surface area contributed by atoms with Crippen molar-refractivity contribution in [3.8, 4) is 5.75 Å². The van der Waals surface area contributed by atoms with Crippen LogP contribution < -0.4 is 19.9 Å². The molecule has 6 heteroatoms. The Morgan fingerprint density at radius 3 is 2.69 bits per heavy atom. The summed E-state index contributed by atoms with van der Waals surface area (Å²) in [6, 6.07) is 21.0. The smallest absolute Gasteiger partial charge is 0.225 e. The topological polar surface area (TPSA) is 44.8 Å². The standard InChI is InChI=1S/C26H29N3O2S/c1-31-25-11-5-4-10-23(25)28-14-15-29-22-9-3-2-7-19(22)17-21(24(29)18-28)26(30)27-13-12-20-8-6-16-32-20/h2-11,16,21,24H,12-15,17-18H2,1H3,(H,27,30). The highest BCUT2D eigenvalue weighted by Crippen LogP contribution is 2.38. The molecule has 0 saturated carbocycles. The van der Waals surface area contributed by atoms with Crippen LogP contribution in [0.4, 0.5) is 11.4 Å². The highest BCUT2D eigenvalue weighted by atomic mass is 32.1. The lowest BCUT2D eigenvalue weighted by Gasteiger charge is -2.49. The van der Waals surface area contributed by atoms with Gasteiger partial charge in [0.05, 0.1) is 24.8 Å². The molecule has 166 valence electrons. The number of rotatable bonds is 6. The predicted octanol–water partition coefficient (Wildman–Crippen LogP) is 3.98. The summed E-state index contributed by atoms with van der Waals surface area (Å²) in [6.45, 7) is 3.27. The first-order chi connectivity index (χ1) is 15.7. The second-order valence-electron chi connectivity index (χ2n) is 8.44. The largest absolute Gasteiger partial charge is 0.495 e. The van der Waals surface area contributed by atoms with Crippen LogP contribution in [0.3, 0.4) is 0 Å². The molecule has 1 saturated heterocycles. The van der Waals surface area contributed by atoms with Gasteiger partial charge in [-0.25, -0.2) is 0 Å². The molecule has 1 amide bonds. The van der Waals surface area contributed by atoms with Gasteiger partial charge in [0.15, 0.2) is 0 Å². The van der Waals surface area contributed by atoms with Crippen LogP contribution in [0.25, 0.3) is 0 Å². The third-order valence-corrected chi connectivity index (χ3v) is 7.57. The number of hydrogen-bond donors (Lipinski definition) is 1. The summed E-state index contributed by atoms with van der Waals surface area (Å²) >= 11 is 1.74. The monoisotopic (exact) mass is 447 g/mol. The maximum absolute atomic E-state index is 13.4. The highest BCUT2D eigenvalue weighted by Gasteiger charge is 2.41. The van der Waals surface area contributed by atoms with E-state index in [-0.39, 0.29) is 17.9 Å². The average Bonchev–Trinajstić information content (AvgIpc) is 3.36. The number of benzene rings is 2. The number of nitrogens with one attached hydrogen (secondary N) is 1. The van der Waals surface area contributed by atoms with E-state index in [0.29, 0.717) is 6.54 Å². The second kappa shape index (κ2) is 9.25. The fraction of sp³-hybridized carbons (Fsp3) is 0.346. The molecule has 5 rings (SSSR count). The van der Waals surface area contributed by atoms with Gasteiger partial charge in [0.25, 0.3) is 0 Å². The van der Waals surface area contributed by atoms with Gasteiger partial charge in [-0.15, -0.1) is 11.3 Å². The van der Waals surface area contributed by atoms with Gasteiger partial charge >= 0.3 is 0 Å². The summed E-state index contributed by atoms with van der Waals surface area (Å²) < 4.78 is 5.62. The summed E-state index contributed by atoms with van der Waals surface area (Å²) in [4.78, 5) is 19.5. The van der Waals surface area contributed by atoms with Crippen LogP contribution in [-0.4, -0.2) is 45.2 Å². The van der Waals surface area contributed by atoms with Gasteiger partial charge in [-0.05, 0) is 48.1 Å². The molecule has 2 aliphatic heterocycles. The normalized spacial score (nSPS) is 19.8. The van der Waals surface area contributed by atoms with Gasteiger partial charge < -0.3 is 19.9 Å². The van der Waals surface area contributed by atoms with Crippen LogP contribution in [0, 0.1) is 5.92 Å². The Labute approximate surface area is 193 Å². The molecule has 2 aliphatic rings. The van der Waals surface area contributed by atoms with Crippen molar-refractivity contribution in [3.05, 3.63) is 76.5 Å². The molecular formula is C26H29N3O2S. The van der Waals surface area contributed by atoms with Crippen molar-refractivity contribution in [1.29, 1.82) is 0 Å². The van der Waals surface area contributed by atoms with E-state index in [2.05, 4.69) is 69.0 Å². The predicted molar refractivity (Wildman–Crippen MR) is 131 cm³/mol. The molecule has 32 heavy (non-hydrogen) atoms. The summed E-state index contributed by atoms with van der Waals surface area (Å²) in [7, 11) is 1.72. The number of ether oxygens (including phenoxy) is 1. The van der Waals surface area contributed by atoms with Gasteiger partial charge in [-0.2, -0.15) is 0 Å². The quantitative estimate of drug-likeness (QED) is 0.621. The lowest BCUT2D eigenvalue weighted by atomic mass is 9.83. The SMILES string of the molecule is COc1ccccc1N1CCN2c3ccccc3CC(C(=O)NCCc3cccs3)C2C1. The Balaban J connectivity index is 1.37. The van der Waals surface area contributed by atoms with E-state index in [4.69, 9.17) is 4.74 Å². The van der Waals surface area contributed by atoms with Gasteiger partial charge in [0, 0.05) is 36.7 Å². The number of hydrogen-bond acceptors (Lipinski definition) is 5. The van der Waals surface area contributed by atoms with E-state index < -0.39 is 0 Å². The van der Waals surface area contributed by atoms with Gasteiger partial charge in [0.2, 0.25) is 5.91 Å². The Hall–Kier alpha value is -2.99. The summed E-state index contributed by atoms with van der Waals surface area (Å²) in [5, 5.41) is 5.31. The molecule has 0 bridgehead atoms. The first kappa shape index (κ1) is 20.9. The molecule has 1 aromatic heterocycles. The van der Waals surface area contributed by atoms with E-state index >= 15 is 0 Å². The average molecular weight is 448 g/mol. The number of anilines is 2. The van der Waals surface area contributed by atoms with Crippen LogP contribution in [0.2, 0.25) is 0 Å². The maximum Gasteiger partial charge on any atom is 0.225 e. The minimum absolute atomic E-state index is 0.0780. The van der Waals surface area contributed by atoms with E-state index in [1.807, 2.05) is 12.1 Å². The second-order valence-corrected chi connectivity index (χ2v) is 9.47. The molecule has 3 aromatic rings. The lowest BCUT2D eigenvalue weighted by Crippen LogP contribution is -2.61. The summed E-state index contributed by atoms with van der Waals surface area (Å²) in [6.07, 6.45) is 1.66. The van der Waals surface area contributed by atoms with Gasteiger partial charge in [-0.1, -0.05) is 36.4 Å². The zero-order valence-corrected chi connectivity index (χ0v) is 19.2. The van der Waals surface area contributed by atoms with Gasteiger partial charge in [0.1, 0.15) is 5.75 Å². The molecule has 1 N–H and O–H groups in total. The van der Waals surface area contributed by atoms with Crippen molar-refractivity contribution in [2.45, 2.75) is 18.9 Å². The van der Waals surface area contributed by atoms with Crippen LogP contribution >= 0.6 is 11.3 Å². The zero-order chi connectivity index (χ0) is 21.9. The number of fused-ring (bicyclic) bond motifs is 3. The third kappa shape index (κ3) is 4.07. The van der Waals surface area contributed by atoms with E-state index in [1.165, 1.54) is 16.1 Å². The van der Waals surface area contributed by atoms with E-state index in [9.17, 15) is 4.79 Å². The van der Waals surface area contributed by atoms with Crippen LogP contribution in [0.15, 0.2) is 66.0 Å². The number of carbonyl (C=O) groups is 1. The number of thiophene rings is 1. The molecule has 0 spiro atoms. The number of piperazine rings is 1. The number of amides is 1. The summed E-state index contributed by atoms with van der Waals surface area (Å²) in [5.74, 6) is 0.966. The highest BCUT2D eigenvalue weighted by molar-refractivity contribution is 7.09. The van der Waals surface area contributed by atoms with E-state index in [1.54, 1.807) is 18.4 Å². The fourth-order valence-corrected chi connectivity index (χ4v) is 5.77. The minimum atomic E-state index is -0.0780. The number of para-hydroxylation sites is 3. The molecule has 3 heterocycles. The third-order valence-electron chi connectivity index (χ3n) is 6.64.